The molecule has 3 N–H and O–H groups in total. The van der Waals surface area contributed by atoms with Gasteiger partial charge in [-0.05, 0) is 44.9 Å². The molecule has 1 amide bonds. The number of carbonyl (C=O) groups is 1. The van der Waals surface area contributed by atoms with E-state index in [2.05, 4.69) is 5.32 Å². The number of anilines is 1. The number of amides is 1. The maximum Gasteiger partial charge on any atom is 0.243 e. The van der Waals surface area contributed by atoms with Crippen LogP contribution in [0.1, 0.15) is 46.0 Å². The van der Waals surface area contributed by atoms with E-state index in [0.717, 1.165) is 25.7 Å². The highest BCUT2D eigenvalue weighted by atomic mass is 32.2. The summed E-state index contributed by atoms with van der Waals surface area (Å²) in [4.78, 5) is 12.2. The molecule has 1 saturated carbocycles. The molecule has 6 nitrogen and oxygen atoms in total. The molecule has 0 radical (unpaired) electrons. The molecule has 0 atom stereocenters. The Balaban J connectivity index is 2.21. The summed E-state index contributed by atoms with van der Waals surface area (Å²) >= 11 is 0. The van der Waals surface area contributed by atoms with E-state index in [1.54, 1.807) is 39.1 Å². The van der Waals surface area contributed by atoms with E-state index < -0.39 is 15.6 Å². The zero-order valence-electron chi connectivity index (χ0n) is 14.6. The number of nitrogens with two attached hydrogens (primary N) is 1. The predicted octanol–water partition coefficient (Wildman–Crippen LogP) is 2.32. The minimum atomic E-state index is -3.58. The molecule has 1 aliphatic carbocycles. The van der Waals surface area contributed by atoms with Crippen LogP contribution in [0.5, 0.6) is 0 Å². The third-order valence-corrected chi connectivity index (χ3v) is 6.35. The minimum Gasteiger partial charge on any atom is -0.324 e. The first kappa shape index (κ1) is 18.9. The van der Waals surface area contributed by atoms with E-state index in [4.69, 9.17) is 5.73 Å². The van der Waals surface area contributed by atoms with E-state index in [9.17, 15) is 13.2 Å². The lowest BCUT2D eigenvalue weighted by atomic mass is 9.96. The van der Waals surface area contributed by atoms with Crippen molar-refractivity contribution in [2.75, 3.05) is 12.4 Å². The molecule has 2 rings (SSSR count). The number of hydrogen-bond acceptors (Lipinski definition) is 4. The first-order valence-corrected chi connectivity index (χ1v) is 9.75. The Kier molecular flexibility index (Phi) is 5.67. The van der Waals surface area contributed by atoms with Crippen molar-refractivity contribution < 1.29 is 13.2 Å². The second-order valence-corrected chi connectivity index (χ2v) is 9.01. The number of nitrogens with one attached hydrogen (secondary N) is 1. The van der Waals surface area contributed by atoms with Crippen molar-refractivity contribution in [3.63, 3.8) is 0 Å². The molecule has 0 aromatic heterocycles. The van der Waals surface area contributed by atoms with Gasteiger partial charge in [0.2, 0.25) is 15.9 Å². The molecular formula is C17H27N3O3S. The normalized spacial score (nSPS) is 17.0. The number of hydrogen-bond donors (Lipinski definition) is 2. The molecule has 0 spiro atoms. The van der Waals surface area contributed by atoms with Crippen LogP contribution in [0.15, 0.2) is 29.2 Å². The van der Waals surface area contributed by atoms with Crippen LogP contribution < -0.4 is 11.1 Å². The summed E-state index contributed by atoms with van der Waals surface area (Å²) in [5, 5.41) is 2.67. The van der Waals surface area contributed by atoms with Crippen LogP contribution in [0.25, 0.3) is 0 Å². The lowest BCUT2D eigenvalue weighted by Crippen LogP contribution is -2.45. The summed E-state index contributed by atoms with van der Waals surface area (Å²) in [6.07, 6.45) is 5.08. The Hall–Kier alpha value is -1.44. The van der Waals surface area contributed by atoms with Gasteiger partial charge in [-0.15, -0.1) is 0 Å². The van der Waals surface area contributed by atoms with Gasteiger partial charge in [0.1, 0.15) is 0 Å². The van der Waals surface area contributed by atoms with Crippen LogP contribution in [-0.2, 0) is 14.8 Å². The third-order valence-electron chi connectivity index (χ3n) is 4.44. The lowest BCUT2D eigenvalue weighted by Gasteiger charge is -2.30. The molecule has 0 heterocycles. The van der Waals surface area contributed by atoms with Crippen LogP contribution in [0.2, 0.25) is 0 Å². The van der Waals surface area contributed by atoms with Gasteiger partial charge in [-0.1, -0.05) is 25.3 Å². The van der Waals surface area contributed by atoms with Gasteiger partial charge in [-0.2, -0.15) is 4.31 Å². The topological polar surface area (TPSA) is 92.5 Å². The number of carbonyl (C=O) groups excluding carboxylic acids is 1. The Labute approximate surface area is 144 Å². The quantitative estimate of drug-likeness (QED) is 0.849. The van der Waals surface area contributed by atoms with Crippen LogP contribution >= 0.6 is 0 Å². The minimum absolute atomic E-state index is 0.0463. The predicted molar refractivity (Wildman–Crippen MR) is 95.2 cm³/mol. The van der Waals surface area contributed by atoms with Gasteiger partial charge in [0.05, 0.1) is 10.4 Å². The average Bonchev–Trinajstić information content (AvgIpc) is 2.54. The largest absolute Gasteiger partial charge is 0.324 e. The molecule has 0 bridgehead atoms. The number of rotatable bonds is 5. The standard InChI is InChI=1S/C17H27N3O3S/c1-17(2,18)16(21)19-13-8-7-11-15(12-13)24(22,23)20(3)14-9-5-4-6-10-14/h7-8,11-12,14H,4-6,9-10,18H2,1-3H3,(H,19,21). The van der Waals surface area contributed by atoms with Gasteiger partial charge in [0.25, 0.3) is 0 Å². The van der Waals surface area contributed by atoms with Crippen molar-refractivity contribution in [2.45, 2.75) is 62.4 Å². The van der Waals surface area contributed by atoms with Gasteiger partial charge < -0.3 is 11.1 Å². The highest BCUT2D eigenvalue weighted by Gasteiger charge is 2.29. The van der Waals surface area contributed by atoms with E-state index >= 15 is 0 Å². The molecule has 0 saturated heterocycles. The van der Waals surface area contributed by atoms with Gasteiger partial charge in [0, 0.05) is 18.8 Å². The fraction of sp³-hybridized carbons (Fsp3) is 0.588. The fourth-order valence-electron chi connectivity index (χ4n) is 2.83. The molecule has 1 fully saturated rings. The van der Waals surface area contributed by atoms with Crippen molar-refractivity contribution in [1.29, 1.82) is 0 Å². The summed E-state index contributed by atoms with van der Waals surface area (Å²) in [7, 11) is -1.94. The van der Waals surface area contributed by atoms with Gasteiger partial charge in [-0.25, -0.2) is 8.42 Å². The van der Waals surface area contributed by atoms with Crippen molar-refractivity contribution in [3.05, 3.63) is 24.3 Å². The maximum atomic E-state index is 12.9. The summed E-state index contributed by atoms with van der Waals surface area (Å²) in [6, 6.07) is 6.37. The first-order chi connectivity index (χ1) is 11.1. The number of nitrogens with zero attached hydrogens (tertiary/aromatic N) is 1. The SMILES string of the molecule is CN(C1CCCCC1)S(=O)(=O)c1cccc(NC(=O)C(C)(C)N)c1. The average molecular weight is 353 g/mol. The van der Waals surface area contributed by atoms with E-state index in [1.807, 2.05) is 0 Å². The van der Waals surface area contributed by atoms with E-state index in [0.29, 0.717) is 5.69 Å². The van der Waals surface area contributed by atoms with Crippen molar-refractivity contribution >= 4 is 21.6 Å². The third kappa shape index (κ3) is 4.34. The highest BCUT2D eigenvalue weighted by Crippen LogP contribution is 2.27. The smallest absolute Gasteiger partial charge is 0.243 e. The first-order valence-electron chi connectivity index (χ1n) is 8.31. The second kappa shape index (κ2) is 7.21. The molecule has 1 aromatic carbocycles. The molecule has 1 aliphatic rings. The van der Waals surface area contributed by atoms with Crippen LogP contribution in [0.3, 0.4) is 0 Å². The van der Waals surface area contributed by atoms with Crippen molar-refractivity contribution in [2.24, 2.45) is 5.73 Å². The van der Waals surface area contributed by atoms with Crippen molar-refractivity contribution in [1.82, 2.24) is 4.31 Å². The maximum absolute atomic E-state index is 12.9. The Morgan fingerprint density at radius 2 is 1.88 bits per heavy atom. The molecule has 24 heavy (non-hydrogen) atoms. The molecular weight excluding hydrogens is 326 g/mol. The molecule has 7 heteroatoms. The number of sulfonamides is 1. The van der Waals surface area contributed by atoms with Crippen LogP contribution in [0.4, 0.5) is 5.69 Å². The van der Waals surface area contributed by atoms with Crippen LogP contribution in [-0.4, -0.2) is 37.3 Å². The summed E-state index contributed by atoms with van der Waals surface area (Å²) in [5.41, 5.74) is 5.15. The Morgan fingerprint density at radius 3 is 2.46 bits per heavy atom. The lowest BCUT2D eigenvalue weighted by molar-refractivity contribution is -0.120. The molecule has 0 unspecified atom stereocenters. The second-order valence-electron chi connectivity index (χ2n) is 7.02. The summed E-state index contributed by atoms with van der Waals surface area (Å²) in [6.45, 7) is 3.19. The number of benzene rings is 1. The Morgan fingerprint density at radius 1 is 1.25 bits per heavy atom. The molecule has 1 aromatic rings. The van der Waals surface area contributed by atoms with Crippen molar-refractivity contribution in [3.8, 4) is 0 Å². The zero-order chi connectivity index (χ0) is 18.0. The Bertz CT molecular complexity index is 689. The zero-order valence-corrected chi connectivity index (χ0v) is 15.4. The van der Waals surface area contributed by atoms with Gasteiger partial charge >= 0.3 is 0 Å². The van der Waals surface area contributed by atoms with Gasteiger partial charge in [-0.3, -0.25) is 4.79 Å². The van der Waals surface area contributed by atoms with E-state index in [1.165, 1.54) is 16.8 Å². The summed E-state index contributed by atoms with van der Waals surface area (Å²) < 4.78 is 27.2. The highest BCUT2D eigenvalue weighted by molar-refractivity contribution is 7.89. The monoisotopic (exact) mass is 353 g/mol. The molecule has 134 valence electrons. The fourth-order valence-corrected chi connectivity index (χ4v) is 4.30. The van der Waals surface area contributed by atoms with E-state index in [-0.39, 0.29) is 16.8 Å². The summed E-state index contributed by atoms with van der Waals surface area (Å²) in [5.74, 6) is -0.363. The van der Waals surface area contributed by atoms with Crippen LogP contribution in [0, 0.1) is 0 Å². The van der Waals surface area contributed by atoms with Gasteiger partial charge in [0.15, 0.2) is 0 Å². The molecule has 0 aliphatic heterocycles.